The largest absolute Gasteiger partial charge is 0.456 e. The molecule has 2 aromatic rings. The van der Waals surface area contributed by atoms with E-state index in [0.29, 0.717) is 10.1 Å². The van der Waals surface area contributed by atoms with E-state index in [4.69, 9.17) is 14.6 Å². The molecule has 0 aliphatic rings. The van der Waals surface area contributed by atoms with Crippen molar-refractivity contribution < 1.29 is 8.83 Å². The number of rotatable bonds is 0. The lowest BCUT2D eigenvalue weighted by Crippen LogP contribution is -1.99. The van der Waals surface area contributed by atoms with Gasteiger partial charge in [-0.3, -0.25) is 4.79 Å². The quantitative estimate of drug-likeness (QED) is 0.748. The fourth-order valence-electron chi connectivity index (χ4n) is 0.933. The van der Waals surface area contributed by atoms with Crippen LogP contribution < -0.4 is 11.2 Å². The molecule has 2 rings (SSSR count). The molecule has 0 fully saturated rings. The molecule has 0 saturated heterocycles. The first-order valence-electron chi connectivity index (χ1n) is 3.15. The standard InChI is InChI=1S/C7H4BrNO3/c8-3-2-11-7-4(10)1-5(9)12-6(3)7/h1-2H,9H2. The van der Waals surface area contributed by atoms with Crippen molar-refractivity contribution in [3.63, 3.8) is 0 Å². The van der Waals surface area contributed by atoms with Crippen molar-refractivity contribution in [2.45, 2.75) is 0 Å². The van der Waals surface area contributed by atoms with E-state index in [0.717, 1.165) is 0 Å². The van der Waals surface area contributed by atoms with E-state index in [9.17, 15) is 4.79 Å². The van der Waals surface area contributed by atoms with Gasteiger partial charge in [0.1, 0.15) is 6.26 Å². The molecule has 2 aromatic heterocycles. The summed E-state index contributed by atoms with van der Waals surface area (Å²) < 4.78 is 10.6. The minimum absolute atomic E-state index is 0.0783. The van der Waals surface area contributed by atoms with E-state index in [1.807, 2.05) is 0 Å². The van der Waals surface area contributed by atoms with Crippen molar-refractivity contribution in [2.24, 2.45) is 0 Å². The van der Waals surface area contributed by atoms with E-state index < -0.39 is 0 Å². The number of halogens is 1. The molecule has 0 aliphatic heterocycles. The van der Waals surface area contributed by atoms with Crippen molar-refractivity contribution in [3.8, 4) is 0 Å². The highest BCUT2D eigenvalue weighted by molar-refractivity contribution is 9.10. The summed E-state index contributed by atoms with van der Waals surface area (Å²) >= 11 is 3.15. The SMILES string of the molecule is Nc1cc(=O)c2occ(Br)c2o1. The van der Waals surface area contributed by atoms with Crippen molar-refractivity contribution in [1.82, 2.24) is 0 Å². The van der Waals surface area contributed by atoms with Gasteiger partial charge in [-0.05, 0) is 15.9 Å². The minimum atomic E-state index is -0.278. The minimum Gasteiger partial charge on any atom is -0.456 e. The summed E-state index contributed by atoms with van der Waals surface area (Å²) in [4.78, 5) is 11.2. The zero-order valence-corrected chi connectivity index (χ0v) is 7.42. The van der Waals surface area contributed by atoms with Crippen LogP contribution in [0, 0.1) is 0 Å². The predicted octanol–water partition coefficient (Wildman–Crippen LogP) is 1.73. The molecule has 62 valence electrons. The van der Waals surface area contributed by atoms with Gasteiger partial charge >= 0.3 is 0 Å². The molecule has 0 spiro atoms. The molecule has 0 aliphatic carbocycles. The number of nitrogen functional groups attached to an aromatic ring is 1. The van der Waals surface area contributed by atoms with E-state index in [1.54, 1.807) is 0 Å². The lowest BCUT2D eigenvalue weighted by Gasteiger charge is -1.90. The summed E-state index contributed by atoms with van der Waals surface area (Å²) in [6.45, 7) is 0. The highest BCUT2D eigenvalue weighted by Crippen LogP contribution is 2.24. The second-order valence-corrected chi connectivity index (χ2v) is 3.11. The highest BCUT2D eigenvalue weighted by atomic mass is 79.9. The second-order valence-electron chi connectivity index (χ2n) is 2.25. The number of anilines is 1. The van der Waals surface area contributed by atoms with Gasteiger partial charge in [-0.2, -0.15) is 0 Å². The molecular formula is C7H4BrNO3. The Bertz CT molecular complexity index is 485. The first-order valence-corrected chi connectivity index (χ1v) is 3.94. The van der Waals surface area contributed by atoms with Crippen LogP contribution >= 0.6 is 15.9 Å². The monoisotopic (exact) mass is 229 g/mol. The van der Waals surface area contributed by atoms with Crippen molar-refractivity contribution in [3.05, 3.63) is 27.0 Å². The average Bonchev–Trinajstić information content (AvgIpc) is 2.33. The molecule has 12 heavy (non-hydrogen) atoms. The molecule has 0 radical (unpaired) electrons. The summed E-state index contributed by atoms with van der Waals surface area (Å²) in [5.41, 5.74) is 5.57. The lowest BCUT2D eigenvalue weighted by atomic mass is 10.4. The van der Waals surface area contributed by atoms with E-state index in [-0.39, 0.29) is 16.9 Å². The maximum absolute atomic E-state index is 11.2. The molecule has 0 bridgehead atoms. The molecule has 0 amide bonds. The van der Waals surface area contributed by atoms with Gasteiger partial charge in [0.05, 0.1) is 4.47 Å². The Labute approximate surface area is 75.1 Å². The van der Waals surface area contributed by atoms with Crippen molar-refractivity contribution in [1.29, 1.82) is 0 Å². The molecule has 2 N–H and O–H groups in total. The van der Waals surface area contributed by atoms with Gasteiger partial charge in [-0.25, -0.2) is 0 Å². The van der Waals surface area contributed by atoms with Crippen LogP contribution in [0.4, 0.5) is 5.88 Å². The summed E-state index contributed by atoms with van der Waals surface area (Å²) in [5, 5.41) is 0. The lowest BCUT2D eigenvalue weighted by molar-refractivity contribution is 0.589. The van der Waals surface area contributed by atoms with Crippen LogP contribution in [0.3, 0.4) is 0 Å². The number of nitrogens with two attached hydrogens (primary N) is 1. The molecule has 2 heterocycles. The van der Waals surface area contributed by atoms with Gasteiger partial charge < -0.3 is 14.6 Å². The third-order valence-corrected chi connectivity index (χ3v) is 1.97. The maximum atomic E-state index is 11.2. The summed E-state index contributed by atoms with van der Waals surface area (Å²) in [5.74, 6) is 0.0783. The molecule has 0 saturated carbocycles. The van der Waals surface area contributed by atoms with Gasteiger partial charge in [-0.1, -0.05) is 0 Å². The zero-order chi connectivity index (χ0) is 8.72. The Morgan fingerprint density at radius 2 is 2.17 bits per heavy atom. The van der Waals surface area contributed by atoms with Crippen molar-refractivity contribution in [2.75, 3.05) is 5.73 Å². The first kappa shape index (κ1) is 7.42. The Balaban J connectivity index is 3.03. The van der Waals surface area contributed by atoms with E-state index in [1.165, 1.54) is 12.3 Å². The van der Waals surface area contributed by atoms with Crippen LogP contribution in [-0.4, -0.2) is 0 Å². The Hall–Kier alpha value is -1.23. The maximum Gasteiger partial charge on any atom is 0.230 e. The van der Waals surface area contributed by atoms with Gasteiger partial charge in [-0.15, -0.1) is 0 Å². The van der Waals surface area contributed by atoms with Crippen LogP contribution in [-0.2, 0) is 0 Å². The van der Waals surface area contributed by atoms with Crippen LogP contribution in [0.25, 0.3) is 11.2 Å². The topological polar surface area (TPSA) is 69.4 Å². The van der Waals surface area contributed by atoms with Crippen LogP contribution in [0.5, 0.6) is 0 Å². The van der Waals surface area contributed by atoms with Gasteiger partial charge in [0, 0.05) is 6.07 Å². The molecule has 5 heteroatoms. The average molecular weight is 230 g/mol. The Kier molecular flexibility index (Phi) is 1.47. The fourth-order valence-corrected chi connectivity index (χ4v) is 1.29. The van der Waals surface area contributed by atoms with Crippen molar-refractivity contribution >= 4 is 33.0 Å². The number of furan rings is 1. The fraction of sp³-hybridized carbons (Fsp3) is 0. The van der Waals surface area contributed by atoms with E-state index >= 15 is 0 Å². The molecular weight excluding hydrogens is 226 g/mol. The summed E-state index contributed by atoms with van der Waals surface area (Å²) in [6.07, 6.45) is 1.38. The zero-order valence-electron chi connectivity index (χ0n) is 5.83. The van der Waals surface area contributed by atoms with Crippen LogP contribution in [0.1, 0.15) is 0 Å². The number of hydrogen-bond donors (Lipinski definition) is 1. The smallest absolute Gasteiger partial charge is 0.230 e. The normalized spacial score (nSPS) is 10.8. The highest BCUT2D eigenvalue weighted by Gasteiger charge is 2.09. The molecule has 0 unspecified atom stereocenters. The first-order chi connectivity index (χ1) is 5.68. The van der Waals surface area contributed by atoms with Crippen LogP contribution in [0.15, 0.2) is 30.4 Å². The summed E-state index contributed by atoms with van der Waals surface area (Å²) in [7, 11) is 0. The van der Waals surface area contributed by atoms with Gasteiger partial charge in [0.2, 0.25) is 11.0 Å². The van der Waals surface area contributed by atoms with Gasteiger partial charge in [0.25, 0.3) is 0 Å². The third-order valence-electron chi connectivity index (χ3n) is 1.42. The second kappa shape index (κ2) is 2.38. The van der Waals surface area contributed by atoms with Crippen LogP contribution in [0.2, 0.25) is 0 Å². The molecule has 0 atom stereocenters. The number of hydrogen-bond acceptors (Lipinski definition) is 4. The molecule has 4 nitrogen and oxygen atoms in total. The van der Waals surface area contributed by atoms with Gasteiger partial charge in [0.15, 0.2) is 11.5 Å². The van der Waals surface area contributed by atoms with E-state index in [2.05, 4.69) is 15.9 Å². The Morgan fingerprint density at radius 3 is 2.92 bits per heavy atom. The number of fused-ring (bicyclic) bond motifs is 1. The molecule has 0 aromatic carbocycles. The Morgan fingerprint density at radius 1 is 1.42 bits per heavy atom. The predicted molar refractivity (Wildman–Crippen MR) is 46.9 cm³/mol. The third kappa shape index (κ3) is 0.937. The summed E-state index contributed by atoms with van der Waals surface area (Å²) in [6, 6.07) is 1.18.